The Morgan fingerprint density at radius 3 is 2.29 bits per heavy atom. The van der Waals surface area contributed by atoms with Gasteiger partial charge in [0.1, 0.15) is 0 Å². The van der Waals surface area contributed by atoms with Crippen LogP contribution in [0.3, 0.4) is 0 Å². The highest BCUT2D eigenvalue weighted by Crippen LogP contribution is 2.25. The molecule has 2 fully saturated rings. The Morgan fingerprint density at radius 1 is 1.00 bits per heavy atom. The molecular weight excluding hydrogens is 326 g/mol. The maximum Gasteiger partial charge on any atom is 0.255 e. The highest BCUT2D eigenvalue weighted by molar-refractivity contribution is 7.89. The number of likely N-dealkylation sites (tertiary alicyclic amines) is 1. The summed E-state index contributed by atoms with van der Waals surface area (Å²) in [6.45, 7) is 2.23. The normalized spacial score (nSPS) is 21.0. The number of carbonyl (C=O) groups excluding carboxylic acids is 1. The van der Waals surface area contributed by atoms with Crippen LogP contribution in [0.25, 0.3) is 0 Å². The molecule has 0 aromatic heterocycles. The van der Waals surface area contributed by atoms with E-state index >= 15 is 0 Å². The fourth-order valence-electron chi connectivity index (χ4n) is 3.39. The van der Waals surface area contributed by atoms with E-state index in [2.05, 4.69) is 0 Å². The maximum absolute atomic E-state index is 13.0. The maximum atomic E-state index is 13.0. The lowest BCUT2D eigenvalue weighted by molar-refractivity contribution is 0.0710. The van der Waals surface area contributed by atoms with E-state index in [4.69, 9.17) is 5.73 Å². The van der Waals surface area contributed by atoms with Crippen molar-refractivity contribution < 1.29 is 13.2 Å². The van der Waals surface area contributed by atoms with Crippen LogP contribution in [0.1, 0.15) is 42.5 Å². The molecule has 0 saturated carbocycles. The fourth-order valence-corrected chi connectivity index (χ4v) is 5.09. The summed E-state index contributed by atoms with van der Waals surface area (Å²) in [4.78, 5) is 14.7. The second kappa shape index (κ2) is 7.21. The van der Waals surface area contributed by atoms with E-state index in [1.807, 2.05) is 0 Å². The van der Waals surface area contributed by atoms with Crippen molar-refractivity contribution in [2.75, 3.05) is 26.2 Å². The van der Waals surface area contributed by atoms with Crippen LogP contribution in [0.4, 0.5) is 0 Å². The summed E-state index contributed by atoms with van der Waals surface area (Å²) in [6.07, 6.45) is 4.32. The van der Waals surface area contributed by atoms with E-state index in [-0.39, 0.29) is 22.4 Å². The largest absolute Gasteiger partial charge is 0.338 e. The van der Waals surface area contributed by atoms with Gasteiger partial charge in [0.15, 0.2) is 0 Å². The van der Waals surface area contributed by atoms with Gasteiger partial charge in [-0.1, -0.05) is 18.6 Å². The molecular formula is C17H25N3O3S. The Labute approximate surface area is 143 Å². The van der Waals surface area contributed by atoms with Gasteiger partial charge < -0.3 is 10.6 Å². The number of piperidine rings is 2. The van der Waals surface area contributed by atoms with Gasteiger partial charge in [-0.25, -0.2) is 8.42 Å². The van der Waals surface area contributed by atoms with E-state index in [0.29, 0.717) is 26.2 Å². The molecule has 2 aliphatic heterocycles. The van der Waals surface area contributed by atoms with Gasteiger partial charge in [-0.05, 0) is 37.8 Å². The molecule has 2 heterocycles. The van der Waals surface area contributed by atoms with Crippen molar-refractivity contribution in [3.63, 3.8) is 0 Å². The quantitative estimate of drug-likeness (QED) is 0.893. The highest BCUT2D eigenvalue weighted by Gasteiger charge is 2.31. The van der Waals surface area contributed by atoms with Gasteiger partial charge in [-0.15, -0.1) is 0 Å². The molecule has 0 spiro atoms. The van der Waals surface area contributed by atoms with Crippen LogP contribution in [-0.2, 0) is 10.0 Å². The zero-order chi connectivity index (χ0) is 17.2. The SMILES string of the molecule is NC1CCN(C(=O)c2ccccc2S(=O)(=O)N2CCCCC2)CC1. The predicted octanol–water partition coefficient (Wildman–Crippen LogP) is 1.42. The third kappa shape index (κ3) is 3.48. The molecule has 2 N–H and O–H groups in total. The van der Waals surface area contributed by atoms with Crippen LogP contribution < -0.4 is 5.73 Å². The fraction of sp³-hybridized carbons (Fsp3) is 0.588. The molecule has 1 amide bonds. The lowest BCUT2D eigenvalue weighted by Gasteiger charge is -2.31. The van der Waals surface area contributed by atoms with Crippen LogP contribution in [0.2, 0.25) is 0 Å². The van der Waals surface area contributed by atoms with Crippen molar-refractivity contribution >= 4 is 15.9 Å². The first-order chi connectivity index (χ1) is 11.5. The monoisotopic (exact) mass is 351 g/mol. The van der Waals surface area contributed by atoms with Crippen LogP contribution >= 0.6 is 0 Å². The van der Waals surface area contributed by atoms with E-state index < -0.39 is 10.0 Å². The number of nitrogens with two attached hydrogens (primary N) is 1. The first kappa shape index (κ1) is 17.4. The number of sulfonamides is 1. The number of amides is 1. The summed E-state index contributed by atoms with van der Waals surface area (Å²) in [7, 11) is -3.63. The third-order valence-corrected chi connectivity index (χ3v) is 6.83. The second-order valence-corrected chi connectivity index (χ2v) is 8.50. The number of nitrogens with zero attached hydrogens (tertiary/aromatic N) is 2. The summed E-state index contributed by atoms with van der Waals surface area (Å²) < 4.78 is 27.5. The van der Waals surface area contributed by atoms with E-state index in [1.165, 1.54) is 4.31 Å². The molecule has 6 nitrogen and oxygen atoms in total. The Balaban J connectivity index is 1.89. The molecule has 3 rings (SSSR count). The lowest BCUT2D eigenvalue weighted by atomic mass is 10.0. The summed E-state index contributed by atoms with van der Waals surface area (Å²) >= 11 is 0. The van der Waals surface area contributed by atoms with Crippen LogP contribution in [-0.4, -0.2) is 55.8 Å². The van der Waals surface area contributed by atoms with Crippen molar-refractivity contribution in [1.29, 1.82) is 0 Å². The first-order valence-electron chi connectivity index (χ1n) is 8.64. The molecule has 132 valence electrons. The molecule has 2 saturated heterocycles. The van der Waals surface area contributed by atoms with Gasteiger partial charge in [-0.2, -0.15) is 4.31 Å². The minimum absolute atomic E-state index is 0.126. The first-order valence-corrected chi connectivity index (χ1v) is 10.1. The zero-order valence-corrected chi connectivity index (χ0v) is 14.7. The summed E-state index contributed by atoms with van der Waals surface area (Å²) in [5.41, 5.74) is 6.17. The topological polar surface area (TPSA) is 83.7 Å². The van der Waals surface area contributed by atoms with Gasteiger partial charge in [0, 0.05) is 32.2 Å². The van der Waals surface area contributed by atoms with Crippen molar-refractivity contribution in [3.8, 4) is 0 Å². The molecule has 0 atom stereocenters. The molecule has 1 aromatic carbocycles. The number of carbonyl (C=O) groups is 1. The smallest absolute Gasteiger partial charge is 0.255 e. The highest BCUT2D eigenvalue weighted by atomic mass is 32.2. The molecule has 24 heavy (non-hydrogen) atoms. The molecule has 0 radical (unpaired) electrons. The number of benzene rings is 1. The zero-order valence-electron chi connectivity index (χ0n) is 13.9. The molecule has 7 heteroatoms. The third-order valence-electron chi connectivity index (χ3n) is 4.88. The van der Waals surface area contributed by atoms with Crippen LogP contribution in [0, 0.1) is 0 Å². The van der Waals surface area contributed by atoms with Crippen molar-refractivity contribution in [3.05, 3.63) is 29.8 Å². The number of rotatable bonds is 3. The van der Waals surface area contributed by atoms with Gasteiger partial charge >= 0.3 is 0 Å². The van der Waals surface area contributed by atoms with Gasteiger partial charge in [-0.3, -0.25) is 4.79 Å². The average molecular weight is 351 g/mol. The number of hydrogen-bond acceptors (Lipinski definition) is 4. The van der Waals surface area contributed by atoms with E-state index in [9.17, 15) is 13.2 Å². The average Bonchev–Trinajstić information content (AvgIpc) is 2.62. The lowest BCUT2D eigenvalue weighted by Crippen LogP contribution is -2.43. The Kier molecular flexibility index (Phi) is 5.22. The molecule has 2 aliphatic rings. The van der Waals surface area contributed by atoms with E-state index in [1.54, 1.807) is 29.2 Å². The van der Waals surface area contributed by atoms with Crippen molar-refractivity contribution in [2.24, 2.45) is 5.73 Å². The molecule has 0 bridgehead atoms. The Hall–Kier alpha value is -1.44. The molecule has 0 unspecified atom stereocenters. The summed E-state index contributed by atoms with van der Waals surface area (Å²) in [5.74, 6) is -0.210. The van der Waals surface area contributed by atoms with Crippen LogP contribution in [0.5, 0.6) is 0 Å². The van der Waals surface area contributed by atoms with Crippen LogP contribution in [0.15, 0.2) is 29.2 Å². The molecule has 0 aliphatic carbocycles. The minimum atomic E-state index is -3.63. The Morgan fingerprint density at radius 2 is 1.62 bits per heavy atom. The summed E-state index contributed by atoms with van der Waals surface area (Å²) in [6, 6.07) is 6.69. The van der Waals surface area contributed by atoms with Gasteiger partial charge in [0.2, 0.25) is 10.0 Å². The molecule has 1 aromatic rings. The summed E-state index contributed by atoms with van der Waals surface area (Å²) in [5, 5.41) is 0. The number of hydrogen-bond donors (Lipinski definition) is 1. The standard InChI is InChI=1S/C17H25N3O3S/c18-14-8-12-19(13-9-14)17(21)15-6-2-3-7-16(15)24(22,23)20-10-4-1-5-11-20/h2-3,6-7,14H,1,4-5,8-13,18H2. The second-order valence-electron chi connectivity index (χ2n) is 6.59. The Bertz CT molecular complexity index is 691. The van der Waals surface area contributed by atoms with Crippen molar-refractivity contribution in [2.45, 2.75) is 43.0 Å². The van der Waals surface area contributed by atoms with Crippen molar-refractivity contribution in [1.82, 2.24) is 9.21 Å². The van der Waals surface area contributed by atoms with Gasteiger partial charge in [0.05, 0.1) is 10.5 Å². The predicted molar refractivity (Wildman–Crippen MR) is 92.2 cm³/mol. The van der Waals surface area contributed by atoms with E-state index in [0.717, 1.165) is 32.1 Å². The van der Waals surface area contributed by atoms with Gasteiger partial charge in [0.25, 0.3) is 5.91 Å². The minimum Gasteiger partial charge on any atom is -0.338 e.